The van der Waals surface area contributed by atoms with Crippen LogP contribution in [-0.2, 0) is 13.0 Å². The van der Waals surface area contributed by atoms with Gasteiger partial charge in [0.05, 0.1) is 0 Å². The summed E-state index contributed by atoms with van der Waals surface area (Å²) in [5.41, 5.74) is 2.93. The normalized spacial score (nSPS) is 11.6. The summed E-state index contributed by atoms with van der Waals surface area (Å²) in [6.07, 6.45) is 8.69. The predicted octanol–water partition coefficient (Wildman–Crippen LogP) is 4.62. The molecule has 0 bridgehead atoms. The van der Waals surface area contributed by atoms with Crippen molar-refractivity contribution in [3.8, 4) is 0 Å². The molecular weight excluding hydrogens is 256 g/mol. The van der Waals surface area contributed by atoms with Crippen molar-refractivity contribution in [3.63, 3.8) is 0 Å². The molecule has 0 spiro atoms. The highest BCUT2D eigenvalue weighted by molar-refractivity contribution is 5.83. The van der Waals surface area contributed by atoms with Gasteiger partial charge in [0.2, 0.25) is 0 Å². The number of rotatable bonds is 9. The molecule has 116 valence electrons. The Balaban J connectivity index is 2.06. The summed E-state index contributed by atoms with van der Waals surface area (Å²) in [7, 11) is 2.03. The Bertz CT molecular complexity index is 539. The minimum Gasteiger partial charge on any atom is -0.347 e. The molecule has 0 aliphatic rings. The van der Waals surface area contributed by atoms with Gasteiger partial charge in [0.1, 0.15) is 0 Å². The van der Waals surface area contributed by atoms with E-state index in [4.69, 9.17) is 0 Å². The van der Waals surface area contributed by atoms with Crippen molar-refractivity contribution in [1.82, 2.24) is 9.88 Å². The second kappa shape index (κ2) is 8.23. The fourth-order valence-corrected chi connectivity index (χ4v) is 2.99. The van der Waals surface area contributed by atoms with Gasteiger partial charge in [0, 0.05) is 23.6 Å². The highest BCUT2D eigenvalue weighted by Crippen LogP contribution is 2.23. The summed E-state index contributed by atoms with van der Waals surface area (Å²) in [5.74, 6) is 0.799. The van der Waals surface area contributed by atoms with Crippen LogP contribution in [0.1, 0.15) is 45.1 Å². The van der Waals surface area contributed by atoms with Crippen LogP contribution < -0.4 is 5.32 Å². The molecule has 2 aromatic rings. The topological polar surface area (TPSA) is 17.0 Å². The van der Waals surface area contributed by atoms with E-state index in [0.29, 0.717) is 0 Å². The highest BCUT2D eigenvalue weighted by Gasteiger charge is 2.07. The van der Waals surface area contributed by atoms with Gasteiger partial charge >= 0.3 is 0 Å². The third-order valence-electron chi connectivity index (χ3n) is 4.17. The van der Waals surface area contributed by atoms with Crippen LogP contribution in [-0.4, -0.2) is 18.2 Å². The van der Waals surface area contributed by atoms with E-state index in [2.05, 4.69) is 54.2 Å². The second-order valence-electron chi connectivity index (χ2n) is 6.46. The maximum Gasteiger partial charge on any atom is 0.0483 e. The van der Waals surface area contributed by atoms with Crippen molar-refractivity contribution >= 4 is 10.9 Å². The van der Waals surface area contributed by atoms with Gasteiger partial charge in [-0.3, -0.25) is 0 Å². The number of aromatic nitrogens is 1. The Morgan fingerprint density at radius 3 is 2.67 bits per heavy atom. The third kappa shape index (κ3) is 4.60. The Morgan fingerprint density at radius 1 is 1.10 bits per heavy atom. The zero-order chi connectivity index (χ0) is 15.1. The first-order chi connectivity index (χ1) is 10.2. The van der Waals surface area contributed by atoms with Gasteiger partial charge in [0.25, 0.3) is 0 Å². The quantitative estimate of drug-likeness (QED) is 0.666. The van der Waals surface area contributed by atoms with E-state index >= 15 is 0 Å². The van der Waals surface area contributed by atoms with Crippen molar-refractivity contribution in [1.29, 1.82) is 0 Å². The fourth-order valence-electron chi connectivity index (χ4n) is 2.99. The van der Waals surface area contributed by atoms with Gasteiger partial charge in [-0.1, -0.05) is 32.0 Å². The molecule has 1 aromatic carbocycles. The molecular formula is C19H30N2. The lowest BCUT2D eigenvalue weighted by atomic mass is 10.1. The molecule has 2 heteroatoms. The number of aryl methyl sites for hydroxylation is 2. The van der Waals surface area contributed by atoms with Crippen LogP contribution in [0.2, 0.25) is 0 Å². The van der Waals surface area contributed by atoms with E-state index in [1.807, 2.05) is 7.05 Å². The Labute approximate surface area is 129 Å². The van der Waals surface area contributed by atoms with Crippen molar-refractivity contribution in [2.24, 2.45) is 5.92 Å². The Hall–Kier alpha value is -1.28. The van der Waals surface area contributed by atoms with Crippen LogP contribution >= 0.6 is 0 Å². The second-order valence-corrected chi connectivity index (χ2v) is 6.46. The number of hydrogen-bond acceptors (Lipinski definition) is 1. The van der Waals surface area contributed by atoms with Crippen LogP contribution in [0.3, 0.4) is 0 Å². The van der Waals surface area contributed by atoms with Gasteiger partial charge in [-0.2, -0.15) is 0 Å². The zero-order valence-electron chi connectivity index (χ0n) is 13.9. The van der Waals surface area contributed by atoms with Crippen molar-refractivity contribution in [2.45, 2.75) is 52.5 Å². The summed E-state index contributed by atoms with van der Waals surface area (Å²) in [4.78, 5) is 0. The smallest absolute Gasteiger partial charge is 0.0483 e. The molecule has 0 unspecified atom stereocenters. The summed E-state index contributed by atoms with van der Waals surface area (Å²) >= 11 is 0. The van der Waals surface area contributed by atoms with Gasteiger partial charge in [-0.05, 0) is 63.2 Å². The maximum atomic E-state index is 3.23. The van der Waals surface area contributed by atoms with Gasteiger partial charge < -0.3 is 9.88 Å². The predicted molar refractivity (Wildman–Crippen MR) is 92.9 cm³/mol. The first-order valence-corrected chi connectivity index (χ1v) is 8.43. The SMILES string of the molecule is CNCCCCc1cn(CCCC(C)C)c2ccccc12. The third-order valence-corrected chi connectivity index (χ3v) is 4.17. The van der Waals surface area contributed by atoms with Crippen LogP contribution in [0, 0.1) is 5.92 Å². The van der Waals surface area contributed by atoms with E-state index in [9.17, 15) is 0 Å². The highest BCUT2D eigenvalue weighted by atomic mass is 15.0. The Kier molecular flexibility index (Phi) is 6.31. The first-order valence-electron chi connectivity index (χ1n) is 8.43. The first kappa shape index (κ1) is 16.1. The Morgan fingerprint density at radius 2 is 1.90 bits per heavy atom. The molecule has 1 heterocycles. The zero-order valence-corrected chi connectivity index (χ0v) is 13.9. The molecule has 0 aliphatic heterocycles. The molecule has 2 rings (SSSR count). The lowest BCUT2D eigenvalue weighted by molar-refractivity contribution is 0.517. The number of unbranched alkanes of at least 4 members (excludes halogenated alkanes) is 1. The summed E-state index contributed by atoms with van der Waals surface area (Å²) in [6.45, 7) is 6.88. The summed E-state index contributed by atoms with van der Waals surface area (Å²) in [6, 6.07) is 8.87. The molecule has 0 aliphatic carbocycles. The summed E-state index contributed by atoms with van der Waals surface area (Å²) in [5, 5.41) is 4.68. The number of fused-ring (bicyclic) bond motifs is 1. The lowest BCUT2D eigenvalue weighted by Crippen LogP contribution is -2.07. The van der Waals surface area contributed by atoms with E-state index in [0.717, 1.165) is 19.0 Å². The molecule has 0 saturated heterocycles. The molecule has 1 aromatic heterocycles. The van der Waals surface area contributed by atoms with Gasteiger partial charge in [0.15, 0.2) is 0 Å². The van der Waals surface area contributed by atoms with Gasteiger partial charge in [-0.25, -0.2) is 0 Å². The molecule has 0 radical (unpaired) electrons. The summed E-state index contributed by atoms with van der Waals surface area (Å²) < 4.78 is 2.46. The van der Waals surface area contributed by atoms with Crippen LogP contribution in [0.5, 0.6) is 0 Å². The molecule has 0 amide bonds. The molecule has 0 fully saturated rings. The molecule has 0 atom stereocenters. The van der Waals surface area contributed by atoms with E-state index in [-0.39, 0.29) is 0 Å². The van der Waals surface area contributed by atoms with E-state index in [1.54, 1.807) is 0 Å². The van der Waals surface area contributed by atoms with Crippen LogP contribution in [0.25, 0.3) is 10.9 Å². The van der Waals surface area contributed by atoms with Crippen molar-refractivity contribution < 1.29 is 0 Å². The van der Waals surface area contributed by atoms with Gasteiger partial charge in [-0.15, -0.1) is 0 Å². The minimum absolute atomic E-state index is 0.799. The van der Waals surface area contributed by atoms with Crippen molar-refractivity contribution in [2.75, 3.05) is 13.6 Å². The number of benzene rings is 1. The number of nitrogens with zero attached hydrogens (tertiary/aromatic N) is 1. The lowest BCUT2D eigenvalue weighted by Gasteiger charge is -2.07. The molecule has 0 saturated carbocycles. The standard InChI is InChI=1S/C19H30N2/c1-16(2)9-8-14-21-15-17(10-6-7-13-20-3)18-11-4-5-12-19(18)21/h4-5,11-12,15-16,20H,6-10,13-14H2,1-3H3. The molecule has 1 N–H and O–H groups in total. The van der Waals surface area contributed by atoms with Crippen LogP contribution in [0.4, 0.5) is 0 Å². The number of para-hydroxylation sites is 1. The minimum atomic E-state index is 0.799. The van der Waals surface area contributed by atoms with E-state index < -0.39 is 0 Å². The molecule has 21 heavy (non-hydrogen) atoms. The van der Waals surface area contributed by atoms with Crippen molar-refractivity contribution in [3.05, 3.63) is 36.0 Å². The average Bonchev–Trinajstić information content (AvgIpc) is 2.82. The molecule has 2 nitrogen and oxygen atoms in total. The largest absolute Gasteiger partial charge is 0.347 e. The monoisotopic (exact) mass is 286 g/mol. The number of nitrogens with one attached hydrogen (secondary N) is 1. The van der Waals surface area contributed by atoms with E-state index in [1.165, 1.54) is 48.6 Å². The number of hydrogen-bond donors (Lipinski definition) is 1. The maximum absolute atomic E-state index is 3.23. The average molecular weight is 286 g/mol. The fraction of sp³-hybridized carbons (Fsp3) is 0.579. The van der Waals surface area contributed by atoms with Crippen LogP contribution in [0.15, 0.2) is 30.5 Å².